The van der Waals surface area contributed by atoms with Crippen molar-refractivity contribution in [2.75, 3.05) is 13.1 Å². The fourth-order valence-corrected chi connectivity index (χ4v) is 11.6. The van der Waals surface area contributed by atoms with E-state index >= 15 is 0 Å². The predicted octanol–water partition coefficient (Wildman–Crippen LogP) is -4.65. The molecule has 0 radical (unpaired) electrons. The van der Waals surface area contributed by atoms with E-state index in [1.165, 1.54) is 33.3 Å². The lowest BCUT2D eigenvalue weighted by Crippen LogP contribution is -2.63. The molecule has 570 valence electrons. The Balaban J connectivity index is 1.59. The van der Waals surface area contributed by atoms with E-state index in [9.17, 15) is 77.3 Å². The van der Waals surface area contributed by atoms with Gasteiger partial charge in [-0.25, -0.2) is 4.98 Å². The lowest BCUT2D eigenvalue weighted by Gasteiger charge is -2.32. The first-order valence-corrected chi connectivity index (χ1v) is 34.8. The molecule has 3 aromatic rings. The van der Waals surface area contributed by atoms with Gasteiger partial charge in [0.2, 0.25) is 82.7 Å². The first kappa shape index (κ1) is 84.1. The fourth-order valence-electron chi connectivity index (χ4n) is 11.6. The highest BCUT2D eigenvalue weighted by atomic mass is 16.3. The van der Waals surface area contributed by atoms with Crippen LogP contribution >= 0.6 is 0 Å². The number of rotatable bonds is 18. The van der Waals surface area contributed by atoms with Crippen molar-refractivity contribution in [1.82, 2.24) is 78.7 Å². The number of H-pyrrole nitrogens is 1. The summed E-state index contributed by atoms with van der Waals surface area (Å²) in [5, 5.41) is 53.0. The molecule has 2 aliphatic rings. The highest BCUT2D eigenvalue weighted by molar-refractivity contribution is 6.01. The largest absolute Gasteiger partial charge is 0.391 e. The number of hydrogen-bond donors (Lipinski definition) is 18. The fraction of sp³-hybridized carbons (Fsp3) is 0.565. The molecule has 0 aliphatic carbocycles. The van der Waals surface area contributed by atoms with Crippen LogP contribution in [0.5, 0.6) is 0 Å². The van der Waals surface area contributed by atoms with E-state index in [4.69, 9.17) is 17.2 Å². The number of aliphatic hydroxyl groups is 2. The van der Waals surface area contributed by atoms with E-state index in [2.05, 4.69) is 78.8 Å². The van der Waals surface area contributed by atoms with Crippen molar-refractivity contribution in [2.24, 2.45) is 39.9 Å². The number of aromatic amines is 1. The minimum absolute atomic E-state index is 0.0440. The standard InChI is InChI=1S/C69H103N19O16/c1-11-36(6)53-66(102)84-52(35(4)5)65(101)86-54(39(9)89)67(103)77-38(8)56(92)78-44(24-18-26-74-69(71)72)58(94)87-55(40(10)90)68(104)88-27-19-25-49(88)63(99)83-51(34(2)3)64(100)82-47(30-43-32-73-33-75-43)61(97)81-46(29-42-22-16-13-17-23-42)60(96)80-45(28-41-20-14-12-15-21-41)59(95)76-37(7)57(93)79-48(31-50(70)91)62(98)85-53/h12-17,20-23,32-40,44-49,51-55,89-90H,11,18-19,24-31H2,1-10H3,(H2,70,91)(H,73,75)(H,76,95)(H,77,103)(H,78,92)(H,79,93)(H,80,96)(H,81,97)(H,82,100)(H,83,99)(H,84,102)(H,85,98)(H,86,101)(H,87,94)(H4,71,72,74)/t36-,37-,38-,39+,40+,44-,45-,46-,47-,48-,49-,51-,52-,53-,54-,55-/m0/s1. The number of aliphatic hydroxyl groups excluding tert-OH is 2. The second-order valence-corrected chi connectivity index (χ2v) is 27.0. The Kier molecular flexibility index (Phi) is 32.6. The minimum atomic E-state index is -1.80. The topological polar surface area (TPSA) is 546 Å². The second kappa shape index (κ2) is 40.3. The number of aromatic nitrogens is 2. The quantitative estimate of drug-likeness (QED) is 0.0323. The molecule has 16 atom stereocenters. The van der Waals surface area contributed by atoms with Gasteiger partial charge in [0.15, 0.2) is 5.96 Å². The van der Waals surface area contributed by atoms with Gasteiger partial charge in [-0.05, 0) is 82.3 Å². The number of hydrogen-bond acceptors (Lipinski definition) is 18. The van der Waals surface area contributed by atoms with Crippen LogP contribution in [0.25, 0.3) is 0 Å². The molecule has 5 rings (SSSR count). The molecule has 1 aromatic heterocycles. The van der Waals surface area contributed by atoms with Gasteiger partial charge >= 0.3 is 0 Å². The molecule has 2 fully saturated rings. The Morgan fingerprint density at radius 3 is 1.41 bits per heavy atom. The van der Waals surface area contributed by atoms with E-state index in [-0.39, 0.29) is 70.4 Å². The van der Waals surface area contributed by atoms with Gasteiger partial charge in [0, 0.05) is 44.2 Å². The monoisotopic (exact) mass is 1450 g/mol. The molecule has 104 heavy (non-hydrogen) atoms. The number of imidazole rings is 1. The van der Waals surface area contributed by atoms with Crippen molar-refractivity contribution in [1.29, 1.82) is 0 Å². The van der Waals surface area contributed by atoms with Crippen molar-refractivity contribution in [2.45, 2.75) is 218 Å². The summed E-state index contributed by atoms with van der Waals surface area (Å²) in [6.07, 6.45) is -1.60. The van der Waals surface area contributed by atoms with Crippen molar-refractivity contribution in [3.05, 3.63) is 90.0 Å². The third-order valence-corrected chi connectivity index (χ3v) is 17.8. The van der Waals surface area contributed by atoms with E-state index in [1.807, 2.05) is 0 Å². The Morgan fingerprint density at radius 2 is 0.923 bits per heavy atom. The Morgan fingerprint density at radius 1 is 0.510 bits per heavy atom. The Labute approximate surface area is 603 Å². The number of amides is 14. The van der Waals surface area contributed by atoms with Crippen LogP contribution in [0.3, 0.4) is 0 Å². The van der Waals surface area contributed by atoms with Gasteiger partial charge in [-0.1, -0.05) is 109 Å². The molecule has 0 spiro atoms. The number of benzene rings is 2. The summed E-state index contributed by atoms with van der Waals surface area (Å²) in [5.41, 5.74) is 18.1. The van der Waals surface area contributed by atoms with Crippen LogP contribution < -0.4 is 81.0 Å². The zero-order valence-corrected chi connectivity index (χ0v) is 60.3. The molecule has 21 N–H and O–H groups in total. The van der Waals surface area contributed by atoms with Crippen molar-refractivity contribution in [3.63, 3.8) is 0 Å². The van der Waals surface area contributed by atoms with Crippen LogP contribution in [0.15, 0.2) is 78.2 Å². The highest BCUT2D eigenvalue weighted by Crippen LogP contribution is 2.22. The number of nitrogens with one attached hydrogen (secondary N) is 13. The number of nitrogens with zero attached hydrogens (tertiary/aromatic N) is 3. The lowest BCUT2D eigenvalue weighted by molar-refractivity contribution is -0.145. The molecule has 3 heterocycles. The molecule has 0 bridgehead atoms. The number of aliphatic imine (C=N–C) groups is 1. The average molecular weight is 1450 g/mol. The number of carbonyl (C=O) groups is 14. The van der Waals surface area contributed by atoms with Crippen LogP contribution in [-0.4, -0.2) is 218 Å². The van der Waals surface area contributed by atoms with Gasteiger partial charge in [0.25, 0.3) is 0 Å². The summed E-state index contributed by atoms with van der Waals surface area (Å²) in [5.74, 6) is -16.0. The molecular weight excluding hydrogens is 1350 g/mol. The zero-order chi connectivity index (χ0) is 77.2. The summed E-state index contributed by atoms with van der Waals surface area (Å²) >= 11 is 0. The van der Waals surface area contributed by atoms with E-state index in [0.717, 1.165) is 11.8 Å². The van der Waals surface area contributed by atoms with Crippen LogP contribution in [0, 0.1) is 17.8 Å². The molecular formula is C69H103N19O16. The summed E-state index contributed by atoms with van der Waals surface area (Å²) in [6.45, 7) is 14.3. The maximum absolute atomic E-state index is 14.9. The van der Waals surface area contributed by atoms with Gasteiger partial charge in [-0.15, -0.1) is 0 Å². The number of carbonyl (C=O) groups excluding carboxylic acids is 14. The number of primary amides is 1. The molecule has 2 aliphatic heterocycles. The number of fused-ring (bicyclic) bond motifs is 1. The first-order valence-electron chi connectivity index (χ1n) is 34.8. The number of guanidine groups is 1. The Bertz CT molecular complexity index is 3500. The maximum Gasteiger partial charge on any atom is 0.248 e. The highest BCUT2D eigenvalue weighted by Gasteiger charge is 2.43. The maximum atomic E-state index is 14.9. The van der Waals surface area contributed by atoms with Gasteiger partial charge < -0.3 is 101 Å². The van der Waals surface area contributed by atoms with Crippen LogP contribution in [0.2, 0.25) is 0 Å². The first-order chi connectivity index (χ1) is 49.1. The van der Waals surface area contributed by atoms with Crippen molar-refractivity contribution < 1.29 is 77.3 Å². The van der Waals surface area contributed by atoms with E-state index < -0.39 is 198 Å². The summed E-state index contributed by atoms with van der Waals surface area (Å²) in [4.78, 5) is 212. The summed E-state index contributed by atoms with van der Waals surface area (Å²) in [6, 6.07) is -3.12. The van der Waals surface area contributed by atoms with Crippen molar-refractivity contribution in [3.8, 4) is 0 Å². The Hall–Kier alpha value is -10.6. The molecule has 14 amide bonds. The van der Waals surface area contributed by atoms with Crippen molar-refractivity contribution >= 4 is 88.7 Å². The predicted molar refractivity (Wildman–Crippen MR) is 378 cm³/mol. The van der Waals surface area contributed by atoms with E-state index in [0.29, 0.717) is 16.8 Å². The lowest BCUT2D eigenvalue weighted by atomic mass is 9.95. The minimum Gasteiger partial charge on any atom is -0.391 e. The second-order valence-electron chi connectivity index (χ2n) is 27.0. The molecule has 35 nitrogen and oxygen atoms in total. The van der Waals surface area contributed by atoms with Crippen LogP contribution in [-0.2, 0) is 86.4 Å². The third-order valence-electron chi connectivity index (χ3n) is 17.8. The molecule has 35 heteroatoms. The smallest absolute Gasteiger partial charge is 0.248 e. The zero-order valence-electron chi connectivity index (χ0n) is 60.3. The molecule has 0 saturated carbocycles. The van der Waals surface area contributed by atoms with Gasteiger partial charge in [0.05, 0.1) is 25.0 Å². The average Bonchev–Trinajstić information content (AvgIpc) is 1.59. The summed E-state index contributed by atoms with van der Waals surface area (Å²) < 4.78 is 0. The van der Waals surface area contributed by atoms with Gasteiger partial charge in [-0.2, -0.15) is 0 Å². The SMILES string of the molecule is CC[C@H](C)[C@@H]1NC(=O)[C@H](CC(N)=O)NC(=O)[C@H](C)NC(=O)[C@H](Cc2ccccc2)NC(=O)[C@H](Cc2ccccc2)NC(=O)[C@H](Cc2cnc[nH]2)NC(=O)[C@H](C(C)C)NC(=O)[C@@H]2CCCN2C(=O)[C@H]([C@@H](C)O)NC(=O)[C@H](CCCN=C(N)N)NC(=O)[C@H](C)NC(=O)[C@H]([C@@H](C)O)NC(=O)[C@H](C(C)C)NC1=O. The molecule has 2 saturated heterocycles. The molecule has 0 unspecified atom stereocenters. The molecule has 2 aromatic carbocycles. The van der Waals surface area contributed by atoms with Gasteiger partial charge in [0.1, 0.15) is 78.5 Å². The van der Waals surface area contributed by atoms with Crippen LogP contribution in [0.1, 0.15) is 125 Å². The summed E-state index contributed by atoms with van der Waals surface area (Å²) in [7, 11) is 0. The van der Waals surface area contributed by atoms with E-state index in [1.54, 1.807) is 102 Å². The normalized spacial score (nSPS) is 26.6. The van der Waals surface area contributed by atoms with Gasteiger partial charge in [-0.3, -0.25) is 72.1 Å². The third kappa shape index (κ3) is 25.4. The number of nitrogens with two attached hydrogens (primary N) is 3. The van der Waals surface area contributed by atoms with Crippen LogP contribution in [0.4, 0.5) is 0 Å².